The van der Waals surface area contributed by atoms with Gasteiger partial charge < -0.3 is 18.8 Å². The highest BCUT2D eigenvalue weighted by molar-refractivity contribution is 5.95. The third-order valence-corrected chi connectivity index (χ3v) is 4.44. The van der Waals surface area contributed by atoms with Gasteiger partial charge in [0.15, 0.2) is 0 Å². The summed E-state index contributed by atoms with van der Waals surface area (Å²) < 4.78 is 16.2. The van der Waals surface area contributed by atoms with Gasteiger partial charge in [0.05, 0.1) is 14.2 Å². The fourth-order valence-electron chi connectivity index (χ4n) is 3.15. The van der Waals surface area contributed by atoms with Gasteiger partial charge in [-0.2, -0.15) is 0 Å². The maximum atomic E-state index is 13.2. The number of nitrogens with zero attached hydrogens (tertiary/aromatic N) is 3. The number of amides is 1. The molecule has 0 saturated carbocycles. The van der Waals surface area contributed by atoms with E-state index < -0.39 is 0 Å². The number of aryl methyl sites for hydroxylation is 1. The molecule has 0 radical (unpaired) electrons. The number of ether oxygens (including phenoxy) is 2. The smallest absolute Gasteiger partial charge is 0.254 e. The molecular formula is C18H23N3O4. The molecule has 1 saturated heterocycles. The highest BCUT2D eigenvalue weighted by Gasteiger charge is 2.31. The molecule has 1 aliphatic heterocycles. The van der Waals surface area contributed by atoms with Crippen LogP contribution in [0.4, 0.5) is 0 Å². The molecule has 1 aliphatic rings. The Kier molecular flexibility index (Phi) is 5.21. The zero-order valence-electron chi connectivity index (χ0n) is 14.8. The number of carbonyl (C=O) groups is 1. The van der Waals surface area contributed by atoms with Crippen LogP contribution in [0.25, 0.3) is 0 Å². The quantitative estimate of drug-likeness (QED) is 0.847. The van der Waals surface area contributed by atoms with Crippen molar-refractivity contribution in [2.24, 2.45) is 0 Å². The molecule has 2 heterocycles. The van der Waals surface area contributed by atoms with Crippen LogP contribution in [-0.4, -0.2) is 41.8 Å². The van der Waals surface area contributed by atoms with Gasteiger partial charge in [-0.3, -0.25) is 4.79 Å². The lowest BCUT2D eigenvalue weighted by Crippen LogP contribution is -2.35. The highest BCUT2D eigenvalue weighted by atomic mass is 16.5. The molecule has 0 spiro atoms. The van der Waals surface area contributed by atoms with E-state index in [1.54, 1.807) is 39.3 Å². The molecule has 0 N–H and O–H groups in total. The van der Waals surface area contributed by atoms with Gasteiger partial charge in [0.1, 0.15) is 17.5 Å². The van der Waals surface area contributed by atoms with E-state index in [1.807, 2.05) is 4.90 Å². The van der Waals surface area contributed by atoms with Gasteiger partial charge in [0.2, 0.25) is 11.8 Å². The second-order valence-corrected chi connectivity index (χ2v) is 6.12. The Morgan fingerprint density at radius 3 is 2.44 bits per heavy atom. The molecule has 3 rings (SSSR count). The van der Waals surface area contributed by atoms with Gasteiger partial charge in [-0.15, -0.1) is 10.2 Å². The lowest BCUT2D eigenvalue weighted by Gasteiger charge is -2.28. The maximum Gasteiger partial charge on any atom is 0.254 e. The molecule has 1 atom stereocenters. The number of aromatic nitrogens is 2. The van der Waals surface area contributed by atoms with Gasteiger partial charge in [-0.05, 0) is 25.0 Å². The van der Waals surface area contributed by atoms with Crippen molar-refractivity contribution < 1.29 is 18.7 Å². The van der Waals surface area contributed by atoms with Crippen molar-refractivity contribution in [1.82, 2.24) is 15.1 Å². The zero-order valence-corrected chi connectivity index (χ0v) is 14.8. The molecule has 0 unspecified atom stereocenters. The van der Waals surface area contributed by atoms with Crippen LogP contribution in [0.2, 0.25) is 0 Å². The summed E-state index contributed by atoms with van der Waals surface area (Å²) in [6, 6.07) is 5.00. The van der Waals surface area contributed by atoms with E-state index in [0.717, 1.165) is 25.7 Å². The Morgan fingerprint density at radius 2 is 1.84 bits per heavy atom. The predicted octanol–water partition coefficient (Wildman–Crippen LogP) is 3.15. The number of methoxy groups -OCH3 is 2. The summed E-state index contributed by atoms with van der Waals surface area (Å²) in [6.45, 7) is 2.41. The number of hydrogen-bond acceptors (Lipinski definition) is 6. The molecule has 0 bridgehead atoms. The minimum Gasteiger partial charge on any atom is -0.497 e. The van der Waals surface area contributed by atoms with Crippen molar-refractivity contribution in [3.05, 3.63) is 35.5 Å². The molecule has 134 valence electrons. The monoisotopic (exact) mass is 345 g/mol. The number of hydrogen-bond donors (Lipinski definition) is 0. The largest absolute Gasteiger partial charge is 0.497 e. The van der Waals surface area contributed by atoms with E-state index in [4.69, 9.17) is 13.9 Å². The molecule has 0 aliphatic carbocycles. The molecule has 7 nitrogen and oxygen atoms in total. The molecule has 2 aromatic rings. The van der Waals surface area contributed by atoms with Crippen LogP contribution < -0.4 is 9.47 Å². The average molecular weight is 345 g/mol. The summed E-state index contributed by atoms with van der Waals surface area (Å²) in [5.74, 6) is 2.10. The van der Waals surface area contributed by atoms with Crippen molar-refractivity contribution in [3.63, 3.8) is 0 Å². The first kappa shape index (κ1) is 17.3. The van der Waals surface area contributed by atoms with Crippen LogP contribution in [0, 0.1) is 6.92 Å². The summed E-state index contributed by atoms with van der Waals surface area (Å²) in [6.07, 6.45) is 3.87. The minimum absolute atomic E-state index is 0.0834. The van der Waals surface area contributed by atoms with Gasteiger partial charge in [-0.25, -0.2) is 0 Å². The average Bonchev–Trinajstić information content (AvgIpc) is 2.92. The second-order valence-electron chi connectivity index (χ2n) is 6.12. The fraction of sp³-hybridized carbons (Fsp3) is 0.500. The van der Waals surface area contributed by atoms with Crippen molar-refractivity contribution in [2.75, 3.05) is 20.8 Å². The molecule has 1 aromatic carbocycles. The minimum atomic E-state index is -0.201. The summed E-state index contributed by atoms with van der Waals surface area (Å²) >= 11 is 0. The number of rotatable bonds is 4. The second kappa shape index (κ2) is 7.55. The normalized spacial score (nSPS) is 17.9. The molecule has 7 heteroatoms. The van der Waals surface area contributed by atoms with Crippen LogP contribution in [0.5, 0.6) is 11.5 Å². The van der Waals surface area contributed by atoms with Crippen LogP contribution >= 0.6 is 0 Å². The van der Waals surface area contributed by atoms with Crippen LogP contribution in [0.3, 0.4) is 0 Å². The Labute approximate surface area is 146 Å². The molecule has 1 aromatic heterocycles. The third-order valence-electron chi connectivity index (χ3n) is 4.44. The fourth-order valence-corrected chi connectivity index (χ4v) is 3.15. The first-order chi connectivity index (χ1) is 12.1. The topological polar surface area (TPSA) is 77.7 Å². The predicted molar refractivity (Wildman–Crippen MR) is 90.8 cm³/mol. The number of carbonyl (C=O) groups excluding carboxylic acids is 1. The summed E-state index contributed by atoms with van der Waals surface area (Å²) in [4.78, 5) is 15.0. The first-order valence-corrected chi connectivity index (χ1v) is 8.46. The van der Waals surface area contributed by atoms with Crippen LogP contribution in [0.15, 0.2) is 22.6 Å². The number of benzene rings is 1. The standard InChI is InChI=1S/C18H23N3O4/c1-12-19-20-17(25-12)16-7-5-4-6-8-21(16)18(22)13-9-14(23-2)11-15(10-13)24-3/h9-11,16H,4-8H2,1-3H3/t16-/m0/s1. The maximum absolute atomic E-state index is 13.2. The van der Waals surface area contributed by atoms with E-state index >= 15 is 0 Å². The first-order valence-electron chi connectivity index (χ1n) is 8.46. The van der Waals surface area contributed by atoms with E-state index in [1.165, 1.54) is 0 Å². The zero-order chi connectivity index (χ0) is 17.8. The van der Waals surface area contributed by atoms with Crippen molar-refractivity contribution in [3.8, 4) is 11.5 Å². The molecule has 1 amide bonds. The SMILES string of the molecule is COc1cc(OC)cc(C(=O)N2CCCCC[C@H]2c2nnc(C)o2)c1. The summed E-state index contributed by atoms with van der Waals surface area (Å²) in [7, 11) is 3.14. The van der Waals surface area contributed by atoms with Crippen LogP contribution in [0.1, 0.15) is 53.9 Å². The Morgan fingerprint density at radius 1 is 1.12 bits per heavy atom. The number of likely N-dealkylation sites (tertiary alicyclic amines) is 1. The van der Waals surface area contributed by atoms with Crippen LogP contribution in [-0.2, 0) is 0 Å². The third kappa shape index (κ3) is 3.75. The van der Waals surface area contributed by atoms with E-state index in [0.29, 0.717) is 35.4 Å². The van der Waals surface area contributed by atoms with Crippen molar-refractivity contribution in [2.45, 2.75) is 38.6 Å². The molecule has 25 heavy (non-hydrogen) atoms. The lowest BCUT2D eigenvalue weighted by atomic mass is 10.1. The Hall–Kier alpha value is -2.57. The summed E-state index contributed by atoms with van der Waals surface area (Å²) in [5.41, 5.74) is 0.527. The highest BCUT2D eigenvalue weighted by Crippen LogP contribution is 2.32. The van der Waals surface area contributed by atoms with Gasteiger partial charge >= 0.3 is 0 Å². The van der Waals surface area contributed by atoms with E-state index in [-0.39, 0.29) is 11.9 Å². The van der Waals surface area contributed by atoms with Gasteiger partial charge in [-0.1, -0.05) is 12.8 Å². The Bertz CT molecular complexity index is 721. The lowest BCUT2D eigenvalue weighted by molar-refractivity contribution is 0.0650. The summed E-state index contributed by atoms with van der Waals surface area (Å²) in [5, 5.41) is 8.06. The van der Waals surface area contributed by atoms with Crippen molar-refractivity contribution >= 4 is 5.91 Å². The van der Waals surface area contributed by atoms with E-state index in [2.05, 4.69) is 10.2 Å². The molecular weight excluding hydrogens is 322 g/mol. The van der Waals surface area contributed by atoms with Gasteiger partial charge in [0, 0.05) is 25.1 Å². The Balaban J connectivity index is 1.94. The van der Waals surface area contributed by atoms with Gasteiger partial charge in [0.25, 0.3) is 5.91 Å². The van der Waals surface area contributed by atoms with Crippen molar-refractivity contribution in [1.29, 1.82) is 0 Å². The molecule has 1 fully saturated rings. The van der Waals surface area contributed by atoms with E-state index in [9.17, 15) is 4.79 Å².